The van der Waals surface area contributed by atoms with Crippen molar-refractivity contribution >= 4 is 28.8 Å². The Balaban J connectivity index is 1.34. The predicted octanol–water partition coefficient (Wildman–Crippen LogP) is 7.09. The van der Waals surface area contributed by atoms with Crippen molar-refractivity contribution in [3.05, 3.63) is 81.7 Å². The summed E-state index contributed by atoms with van der Waals surface area (Å²) in [4.78, 5) is 14.4. The molecule has 150 valence electrons. The molecule has 0 radical (unpaired) electrons. The summed E-state index contributed by atoms with van der Waals surface area (Å²) in [5.74, 6) is 0.712. The molecule has 4 heteroatoms. The molecule has 0 spiro atoms. The maximum Gasteiger partial charge on any atom is 0.261 e. The summed E-state index contributed by atoms with van der Waals surface area (Å²) in [6.45, 7) is 0.600. The molecule has 3 aromatic rings. The van der Waals surface area contributed by atoms with Crippen LogP contribution in [0.4, 0.5) is 0 Å². The van der Waals surface area contributed by atoms with Crippen molar-refractivity contribution in [2.45, 2.75) is 44.4 Å². The van der Waals surface area contributed by atoms with Crippen LogP contribution in [0.3, 0.4) is 0 Å². The van der Waals surface area contributed by atoms with Crippen molar-refractivity contribution in [3.8, 4) is 10.4 Å². The molecule has 1 aliphatic rings. The topological polar surface area (TPSA) is 29.1 Å². The van der Waals surface area contributed by atoms with Gasteiger partial charge in [0.1, 0.15) is 0 Å². The Morgan fingerprint density at radius 2 is 1.79 bits per heavy atom. The second kappa shape index (κ2) is 9.60. The van der Waals surface area contributed by atoms with E-state index in [4.69, 9.17) is 11.6 Å². The summed E-state index contributed by atoms with van der Waals surface area (Å²) in [6, 6.07) is 20.7. The van der Waals surface area contributed by atoms with E-state index in [1.165, 1.54) is 43.2 Å². The zero-order valence-corrected chi connectivity index (χ0v) is 18.1. The van der Waals surface area contributed by atoms with E-state index in [1.807, 2.05) is 36.4 Å². The van der Waals surface area contributed by atoms with Crippen LogP contribution in [0.25, 0.3) is 10.4 Å². The van der Waals surface area contributed by atoms with Crippen LogP contribution in [0.2, 0.25) is 5.02 Å². The molecule has 4 rings (SSSR count). The van der Waals surface area contributed by atoms with Crippen LogP contribution in [0.15, 0.2) is 60.7 Å². The minimum absolute atomic E-state index is 0.0119. The molecule has 0 bridgehead atoms. The molecule has 1 saturated carbocycles. The first kappa shape index (κ1) is 20.2. The van der Waals surface area contributed by atoms with Crippen LogP contribution < -0.4 is 5.32 Å². The Kier molecular flexibility index (Phi) is 6.68. The maximum atomic E-state index is 12.5. The average molecular weight is 424 g/mol. The molecule has 0 atom stereocenters. The highest BCUT2D eigenvalue weighted by atomic mass is 35.5. The Bertz CT molecular complexity index is 957. The van der Waals surface area contributed by atoms with Gasteiger partial charge >= 0.3 is 0 Å². The van der Waals surface area contributed by atoms with Gasteiger partial charge in [-0.25, -0.2) is 0 Å². The van der Waals surface area contributed by atoms with E-state index < -0.39 is 0 Å². The van der Waals surface area contributed by atoms with Gasteiger partial charge in [0.25, 0.3) is 5.91 Å². The lowest BCUT2D eigenvalue weighted by Crippen LogP contribution is -2.24. The Morgan fingerprint density at radius 1 is 1.00 bits per heavy atom. The molecule has 29 heavy (non-hydrogen) atoms. The van der Waals surface area contributed by atoms with E-state index in [1.54, 1.807) is 11.3 Å². The number of amides is 1. The summed E-state index contributed by atoms with van der Waals surface area (Å²) in [6.07, 6.45) is 7.50. The second-order valence-electron chi connectivity index (χ2n) is 7.76. The minimum Gasteiger partial charge on any atom is -0.351 e. The standard InChI is InChI=1S/C25H26ClNOS/c26-22-8-4-5-18(17-22)15-16-27-25(28)24-14-13-23(29-24)21-11-9-20(10-12-21)19-6-2-1-3-7-19/h4-5,8-14,17,19H,1-3,6-7,15-16H2,(H,27,28). The van der Waals surface area contributed by atoms with Gasteiger partial charge in [-0.05, 0) is 66.1 Å². The van der Waals surface area contributed by atoms with Crippen LogP contribution in [0.1, 0.15) is 58.8 Å². The summed E-state index contributed by atoms with van der Waals surface area (Å²) < 4.78 is 0. The SMILES string of the molecule is O=C(NCCc1cccc(Cl)c1)c1ccc(-c2ccc(C3CCCCC3)cc2)s1. The highest BCUT2D eigenvalue weighted by Gasteiger charge is 2.16. The fourth-order valence-electron chi connectivity index (χ4n) is 4.07. The van der Waals surface area contributed by atoms with Crippen molar-refractivity contribution in [1.82, 2.24) is 5.32 Å². The number of hydrogen-bond acceptors (Lipinski definition) is 2. The van der Waals surface area contributed by atoms with Gasteiger partial charge in [-0.2, -0.15) is 0 Å². The third kappa shape index (κ3) is 5.29. The summed E-state index contributed by atoms with van der Waals surface area (Å²) >= 11 is 7.56. The van der Waals surface area contributed by atoms with Gasteiger partial charge < -0.3 is 5.32 Å². The van der Waals surface area contributed by atoms with Gasteiger partial charge in [0.2, 0.25) is 0 Å². The molecular formula is C25H26ClNOS. The third-order valence-electron chi connectivity index (χ3n) is 5.69. The van der Waals surface area contributed by atoms with Crippen molar-refractivity contribution < 1.29 is 4.79 Å². The lowest BCUT2D eigenvalue weighted by Gasteiger charge is -2.22. The van der Waals surface area contributed by atoms with Crippen LogP contribution in [-0.4, -0.2) is 12.5 Å². The molecule has 1 amide bonds. The molecule has 1 aliphatic carbocycles. The van der Waals surface area contributed by atoms with Crippen molar-refractivity contribution in [1.29, 1.82) is 0 Å². The Hall–Kier alpha value is -2.10. The molecule has 1 heterocycles. The monoisotopic (exact) mass is 423 g/mol. The molecule has 1 N–H and O–H groups in total. The van der Waals surface area contributed by atoms with E-state index in [2.05, 4.69) is 29.6 Å². The largest absolute Gasteiger partial charge is 0.351 e. The number of nitrogens with one attached hydrogen (secondary N) is 1. The predicted molar refractivity (Wildman–Crippen MR) is 123 cm³/mol. The van der Waals surface area contributed by atoms with Gasteiger partial charge in [-0.3, -0.25) is 4.79 Å². The first-order valence-corrected chi connectivity index (χ1v) is 11.6. The van der Waals surface area contributed by atoms with Crippen LogP contribution >= 0.6 is 22.9 Å². The highest BCUT2D eigenvalue weighted by molar-refractivity contribution is 7.17. The van der Waals surface area contributed by atoms with E-state index in [9.17, 15) is 4.79 Å². The molecule has 2 aromatic carbocycles. The molecule has 0 unspecified atom stereocenters. The Morgan fingerprint density at radius 3 is 2.55 bits per heavy atom. The van der Waals surface area contributed by atoms with E-state index in [0.717, 1.165) is 32.7 Å². The van der Waals surface area contributed by atoms with Crippen molar-refractivity contribution in [2.24, 2.45) is 0 Å². The summed E-state index contributed by atoms with van der Waals surface area (Å²) in [7, 11) is 0. The van der Waals surface area contributed by atoms with Gasteiger partial charge in [0.05, 0.1) is 4.88 Å². The van der Waals surface area contributed by atoms with Crippen LogP contribution in [-0.2, 0) is 6.42 Å². The fourth-order valence-corrected chi connectivity index (χ4v) is 5.21. The van der Waals surface area contributed by atoms with Crippen molar-refractivity contribution in [3.63, 3.8) is 0 Å². The quantitative estimate of drug-likeness (QED) is 0.450. The normalized spacial score (nSPS) is 14.7. The first-order chi connectivity index (χ1) is 14.2. The second-order valence-corrected chi connectivity index (χ2v) is 9.28. The molecular weight excluding hydrogens is 398 g/mol. The lowest BCUT2D eigenvalue weighted by molar-refractivity contribution is 0.0958. The zero-order chi connectivity index (χ0) is 20.1. The minimum atomic E-state index is -0.0119. The number of benzene rings is 2. The lowest BCUT2D eigenvalue weighted by atomic mass is 9.84. The van der Waals surface area contributed by atoms with Crippen molar-refractivity contribution in [2.75, 3.05) is 6.54 Å². The molecule has 0 aliphatic heterocycles. The number of carbonyl (C=O) groups is 1. The zero-order valence-electron chi connectivity index (χ0n) is 16.5. The number of carbonyl (C=O) groups excluding carboxylic acids is 1. The maximum absolute atomic E-state index is 12.5. The number of halogens is 1. The highest BCUT2D eigenvalue weighted by Crippen LogP contribution is 2.34. The summed E-state index contributed by atoms with van der Waals surface area (Å²) in [5, 5.41) is 3.74. The van der Waals surface area contributed by atoms with Crippen LogP contribution in [0, 0.1) is 0 Å². The van der Waals surface area contributed by atoms with E-state index in [0.29, 0.717) is 6.54 Å². The Labute approximate surface area is 181 Å². The third-order valence-corrected chi connectivity index (χ3v) is 7.06. The van der Waals surface area contributed by atoms with Gasteiger partial charge in [0.15, 0.2) is 0 Å². The number of hydrogen-bond donors (Lipinski definition) is 1. The van der Waals surface area contributed by atoms with Gasteiger partial charge in [-0.15, -0.1) is 11.3 Å². The van der Waals surface area contributed by atoms with Crippen LogP contribution in [0.5, 0.6) is 0 Å². The van der Waals surface area contributed by atoms with E-state index in [-0.39, 0.29) is 5.91 Å². The fraction of sp³-hybridized carbons (Fsp3) is 0.320. The van der Waals surface area contributed by atoms with E-state index >= 15 is 0 Å². The molecule has 2 nitrogen and oxygen atoms in total. The summed E-state index contributed by atoms with van der Waals surface area (Å²) in [5.41, 5.74) is 3.78. The molecule has 0 saturated heterocycles. The molecule has 1 aromatic heterocycles. The smallest absolute Gasteiger partial charge is 0.261 e. The van der Waals surface area contributed by atoms with Gasteiger partial charge in [0, 0.05) is 16.4 Å². The first-order valence-electron chi connectivity index (χ1n) is 10.4. The molecule has 1 fully saturated rings. The van der Waals surface area contributed by atoms with Gasteiger partial charge in [-0.1, -0.05) is 67.3 Å². The number of thiophene rings is 1. The average Bonchev–Trinajstić information content (AvgIpc) is 3.25. The number of rotatable bonds is 6.